The fraction of sp³-hybridized carbons (Fsp3) is 0.409. The molecular formula is C22H26N5O4+. The van der Waals surface area contributed by atoms with Gasteiger partial charge in [0, 0.05) is 7.05 Å². The van der Waals surface area contributed by atoms with E-state index in [0.29, 0.717) is 17.5 Å². The average molecular weight is 424 g/mol. The topological polar surface area (TPSA) is 88.1 Å². The SMILES string of the molecule is COc1ccc(C)cc1-n1c(C)c(C)[n+]2c1N=C1C2C(=O)N(C(C)C(C)=O)C(=O)N1C. The summed E-state index contributed by atoms with van der Waals surface area (Å²) in [7, 11) is 3.18. The number of aryl methyl sites for hydroxylation is 1. The Bertz CT molecular complexity index is 1180. The fourth-order valence-electron chi connectivity index (χ4n) is 4.20. The van der Waals surface area contributed by atoms with Crippen LogP contribution in [0.25, 0.3) is 5.69 Å². The molecule has 2 aliphatic heterocycles. The summed E-state index contributed by atoms with van der Waals surface area (Å²) in [5.41, 5.74) is 3.59. The van der Waals surface area contributed by atoms with E-state index in [-0.39, 0.29) is 5.78 Å². The monoisotopic (exact) mass is 424 g/mol. The third-order valence-electron chi connectivity index (χ3n) is 6.21. The largest absolute Gasteiger partial charge is 0.493 e. The highest BCUT2D eigenvalue weighted by Crippen LogP contribution is 2.36. The van der Waals surface area contributed by atoms with Gasteiger partial charge in [-0.25, -0.2) is 14.3 Å². The molecule has 0 spiro atoms. The van der Waals surface area contributed by atoms with Crippen LogP contribution in [0.5, 0.6) is 5.75 Å². The Morgan fingerprint density at radius 3 is 2.52 bits per heavy atom. The number of aromatic nitrogens is 2. The number of carbonyl (C=O) groups is 3. The van der Waals surface area contributed by atoms with Gasteiger partial charge in [0.25, 0.3) is 5.91 Å². The predicted octanol–water partition coefficient (Wildman–Crippen LogP) is 2.15. The number of benzene rings is 1. The van der Waals surface area contributed by atoms with E-state index in [2.05, 4.69) is 0 Å². The first-order valence-corrected chi connectivity index (χ1v) is 10.1. The minimum absolute atomic E-state index is 0.256. The molecular weight excluding hydrogens is 398 g/mol. The summed E-state index contributed by atoms with van der Waals surface area (Å²) in [6, 6.07) is 3.63. The summed E-state index contributed by atoms with van der Waals surface area (Å²) in [6.45, 7) is 8.80. The van der Waals surface area contributed by atoms with Gasteiger partial charge in [0.1, 0.15) is 17.1 Å². The number of urea groups is 1. The van der Waals surface area contributed by atoms with Crippen LogP contribution >= 0.6 is 0 Å². The molecule has 2 aromatic rings. The van der Waals surface area contributed by atoms with E-state index in [1.165, 1.54) is 11.8 Å². The number of rotatable bonds is 4. The number of imidazole rings is 1. The number of likely N-dealkylation sites (N-methyl/N-ethyl adjacent to an activating group) is 1. The van der Waals surface area contributed by atoms with Crippen LogP contribution in [0.15, 0.2) is 23.2 Å². The van der Waals surface area contributed by atoms with E-state index < -0.39 is 24.0 Å². The van der Waals surface area contributed by atoms with Gasteiger partial charge < -0.3 is 4.74 Å². The zero-order chi connectivity index (χ0) is 22.8. The minimum atomic E-state index is -0.853. The van der Waals surface area contributed by atoms with Gasteiger partial charge in [0.05, 0.1) is 13.2 Å². The van der Waals surface area contributed by atoms with Gasteiger partial charge in [-0.15, -0.1) is 0 Å². The van der Waals surface area contributed by atoms with Crippen molar-refractivity contribution >= 4 is 29.5 Å². The zero-order valence-electron chi connectivity index (χ0n) is 18.8. The third kappa shape index (κ3) is 2.79. The summed E-state index contributed by atoms with van der Waals surface area (Å²) in [5, 5.41) is 0. The van der Waals surface area contributed by atoms with Gasteiger partial charge in [-0.3, -0.25) is 14.5 Å². The molecule has 1 saturated heterocycles. The number of hydrogen-bond donors (Lipinski definition) is 0. The van der Waals surface area contributed by atoms with Gasteiger partial charge in [0.2, 0.25) is 11.9 Å². The van der Waals surface area contributed by atoms with Crippen LogP contribution in [0, 0.1) is 20.8 Å². The molecule has 9 heteroatoms. The van der Waals surface area contributed by atoms with Crippen LogP contribution in [0.1, 0.15) is 36.8 Å². The molecule has 9 nitrogen and oxygen atoms in total. The van der Waals surface area contributed by atoms with E-state index in [0.717, 1.165) is 27.5 Å². The van der Waals surface area contributed by atoms with Crippen molar-refractivity contribution in [3.05, 3.63) is 35.2 Å². The molecule has 2 atom stereocenters. The number of fused-ring (bicyclic) bond motifs is 3. The molecule has 0 aliphatic carbocycles. The van der Waals surface area contributed by atoms with Crippen molar-refractivity contribution in [1.82, 2.24) is 14.4 Å². The molecule has 0 N–H and O–H groups in total. The van der Waals surface area contributed by atoms with Gasteiger partial charge in [-0.05, 0) is 52.3 Å². The Hall–Kier alpha value is -3.49. The van der Waals surface area contributed by atoms with Crippen molar-refractivity contribution in [3.8, 4) is 11.4 Å². The van der Waals surface area contributed by atoms with Crippen molar-refractivity contribution in [3.63, 3.8) is 0 Å². The van der Waals surface area contributed by atoms with Crippen LogP contribution in [-0.4, -0.2) is 58.1 Å². The maximum Gasteiger partial charge on any atom is 0.407 e. The number of amides is 3. The maximum absolute atomic E-state index is 13.4. The van der Waals surface area contributed by atoms with E-state index in [1.54, 1.807) is 21.1 Å². The Balaban J connectivity index is 1.95. The van der Waals surface area contributed by atoms with Crippen LogP contribution < -0.4 is 9.30 Å². The third-order valence-corrected chi connectivity index (χ3v) is 6.21. The molecule has 0 radical (unpaired) electrons. The fourth-order valence-corrected chi connectivity index (χ4v) is 4.20. The highest BCUT2D eigenvalue weighted by Gasteiger charge is 2.55. The summed E-state index contributed by atoms with van der Waals surface area (Å²) >= 11 is 0. The highest BCUT2D eigenvalue weighted by molar-refractivity contribution is 6.20. The highest BCUT2D eigenvalue weighted by atomic mass is 16.5. The summed E-state index contributed by atoms with van der Waals surface area (Å²) in [6.07, 6.45) is 0. The molecule has 4 rings (SSSR count). The molecule has 162 valence electrons. The minimum Gasteiger partial charge on any atom is -0.493 e. The van der Waals surface area contributed by atoms with Crippen LogP contribution in [0.3, 0.4) is 0 Å². The quantitative estimate of drug-likeness (QED) is 0.704. The van der Waals surface area contributed by atoms with Crippen molar-refractivity contribution in [2.45, 2.75) is 46.7 Å². The normalized spacial score (nSPS) is 18.7. The average Bonchev–Trinajstić information content (AvgIpc) is 3.22. The standard InChI is InChI=1S/C22H26N5O4/c1-11-8-9-17(31-7)16(10-11)25-12(2)13(3)26-18-19(23-21(25)26)24(6)22(30)27(20(18)29)14(4)15(5)28/h8-10,14,18H,1-7H3/q+1. The lowest BCUT2D eigenvalue weighted by Crippen LogP contribution is -2.65. The molecule has 0 bridgehead atoms. The molecule has 3 heterocycles. The number of hydrogen-bond acceptors (Lipinski definition) is 5. The van der Waals surface area contributed by atoms with Gasteiger partial charge in [-0.2, -0.15) is 4.57 Å². The lowest BCUT2D eigenvalue weighted by molar-refractivity contribution is -0.682. The van der Waals surface area contributed by atoms with Crippen molar-refractivity contribution in [2.24, 2.45) is 4.99 Å². The Kier molecular flexibility index (Phi) is 4.72. The van der Waals surface area contributed by atoms with E-state index in [9.17, 15) is 14.4 Å². The number of ether oxygens (including phenoxy) is 1. The second-order valence-corrected chi connectivity index (χ2v) is 8.06. The van der Waals surface area contributed by atoms with Gasteiger partial charge in [-0.1, -0.05) is 11.1 Å². The predicted molar refractivity (Wildman–Crippen MR) is 113 cm³/mol. The molecule has 1 aromatic heterocycles. The van der Waals surface area contributed by atoms with E-state index in [1.807, 2.05) is 48.1 Å². The van der Waals surface area contributed by atoms with Crippen molar-refractivity contribution in [2.75, 3.05) is 14.2 Å². The lowest BCUT2D eigenvalue weighted by Gasteiger charge is -2.35. The van der Waals surface area contributed by atoms with Gasteiger partial charge >= 0.3 is 12.0 Å². The first kappa shape index (κ1) is 20.8. The van der Waals surface area contributed by atoms with Gasteiger partial charge in [0.15, 0.2) is 11.5 Å². The number of nitrogens with zero attached hydrogens (tertiary/aromatic N) is 5. The molecule has 2 unspecified atom stereocenters. The second-order valence-electron chi connectivity index (χ2n) is 8.06. The van der Waals surface area contributed by atoms with Crippen LogP contribution in [0.4, 0.5) is 10.7 Å². The molecule has 31 heavy (non-hydrogen) atoms. The van der Waals surface area contributed by atoms with Crippen molar-refractivity contribution in [1.29, 1.82) is 0 Å². The number of imide groups is 1. The number of amidine groups is 1. The Morgan fingerprint density at radius 2 is 1.90 bits per heavy atom. The Morgan fingerprint density at radius 1 is 1.23 bits per heavy atom. The lowest BCUT2D eigenvalue weighted by atomic mass is 10.1. The number of Topliss-reactive ketones (excluding diaryl/α,β-unsaturated/α-hetero) is 1. The summed E-state index contributed by atoms with van der Waals surface area (Å²) in [4.78, 5) is 45.4. The smallest absolute Gasteiger partial charge is 0.407 e. The molecule has 1 fully saturated rings. The van der Waals surface area contributed by atoms with E-state index in [4.69, 9.17) is 9.73 Å². The Labute approximate surface area is 180 Å². The van der Waals surface area contributed by atoms with Crippen molar-refractivity contribution < 1.29 is 23.7 Å². The molecule has 0 saturated carbocycles. The molecule has 2 aliphatic rings. The number of carbonyl (C=O) groups excluding carboxylic acids is 3. The van der Waals surface area contributed by atoms with Crippen LogP contribution in [0.2, 0.25) is 0 Å². The number of aliphatic imine (C=N–C) groups is 1. The maximum atomic E-state index is 13.4. The molecule has 3 amide bonds. The number of methoxy groups -OCH3 is 1. The van der Waals surface area contributed by atoms with E-state index >= 15 is 0 Å². The number of ketones is 1. The second kappa shape index (κ2) is 7.04. The first-order valence-electron chi connectivity index (χ1n) is 10.1. The zero-order valence-corrected chi connectivity index (χ0v) is 18.8. The van der Waals surface area contributed by atoms with Crippen LogP contribution in [-0.2, 0) is 9.59 Å². The summed E-state index contributed by atoms with van der Waals surface area (Å²) in [5.74, 6) is 0.841. The first-order chi connectivity index (χ1) is 14.6. The summed E-state index contributed by atoms with van der Waals surface area (Å²) < 4.78 is 9.35. The molecule has 1 aromatic carbocycles.